The number of piperidine rings is 1. The molecule has 1 amide bonds. The number of nitrogens with zero attached hydrogens (tertiary/aromatic N) is 1. The van der Waals surface area contributed by atoms with Gasteiger partial charge in [-0.05, 0) is 68.7 Å². The van der Waals surface area contributed by atoms with Crippen LogP contribution in [0.4, 0.5) is 0 Å². The van der Waals surface area contributed by atoms with Gasteiger partial charge >= 0.3 is 0 Å². The summed E-state index contributed by atoms with van der Waals surface area (Å²) in [4.78, 5) is 14.1. The Morgan fingerprint density at radius 1 is 0.976 bits per heavy atom. The van der Waals surface area contributed by atoms with Gasteiger partial charge in [0, 0.05) is 48.1 Å². The van der Waals surface area contributed by atoms with Gasteiger partial charge < -0.3 is 39.2 Å². The molecule has 1 saturated heterocycles. The molecule has 11 nitrogen and oxygen atoms in total. The molecule has 0 bridgehead atoms. The zero-order valence-electron chi connectivity index (χ0n) is 25.2. The number of carbonyl (C=O) groups excluding carboxylic acids is 1. The molecule has 0 spiro atoms. The molecule has 4 N–H and O–H groups in total. The molecule has 0 aromatic heterocycles. The van der Waals surface area contributed by atoms with Crippen LogP contribution in [0.3, 0.4) is 0 Å². The maximum absolute atomic E-state index is 14.1. The van der Waals surface area contributed by atoms with Gasteiger partial charge in [-0.3, -0.25) is 4.79 Å². The molecule has 228 valence electrons. The molecule has 0 saturated carbocycles. The topological polar surface area (TPSA) is 140 Å². The number of methoxy groups -OCH3 is 3. The second kappa shape index (κ2) is 11.3. The largest absolute Gasteiger partial charge is 0.493 e. The first kappa shape index (κ1) is 29.9. The van der Waals surface area contributed by atoms with Gasteiger partial charge in [0.2, 0.25) is 18.4 Å². The lowest BCUT2D eigenvalue weighted by molar-refractivity contribution is -0.131. The van der Waals surface area contributed by atoms with E-state index in [1.54, 1.807) is 24.3 Å². The SMILES string of the molecule is COc1cc([C@@H]2c3cc4c(cc3[C@H](O)[C@@H](CO)[C@@H]2C(=O)NN=C2CC(C)(C)NC(C)(C)C2)OCO4)cc(OC)c1OC. The van der Waals surface area contributed by atoms with Crippen molar-refractivity contribution in [2.75, 3.05) is 34.7 Å². The Hall–Kier alpha value is -3.54. The number of aliphatic hydroxyl groups is 2. The maximum atomic E-state index is 14.1. The van der Waals surface area contributed by atoms with Crippen molar-refractivity contribution in [3.05, 3.63) is 41.0 Å². The first-order valence-corrected chi connectivity index (χ1v) is 14.1. The molecule has 1 fully saturated rings. The fourth-order valence-corrected chi connectivity index (χ4v) is 6.97. The number of hydrogen-bond acceptors (Lipinski definition) is 10. The summed E-state index contributed by atoms with van der Waals surface area (Å²) in [5.41, 5.74) is 5.17. The third-order valence-corrected chi connectivity index (χ3v) is 8.31. The number of fused-ring (bicyclic) bond motifs is 2. The van der Waals surface area contributed by atoms with E-state index in [0.717, 1.165) is 5.71 Å². The summed E-state index contributed by atoms with van der Waals surface area (Å²) in [6.45, 7) is 8.03. The average molecular weight is 584 g/mol. The third-order valence-electron chi connectivity index (χ3n) is 8.31. The third kappa shape index (κ3) is 5.48. The number of carbonyl (C=O) groups is 1. The Balaban J connectivity index is 1.63. The highest BCUT2D eigenvalue weighted by atomic mass is 16.7. The van der Waals surface area contributed by atoms with E-state index in [9.17, 15) is 15.0 Å². The predicted molar refractivity (Wildman–Crippen MR) is 156 cm³/mol. The lowest BCUT2D eigenvalue weighted by atomic mass is 9.65. The van der Waals surface area contributed by atoms with Crippen molar-refractivity contribution in [1.29, 1.82) is 0 Å². The van der Waals surface area contributed by atoms with E-state index in [2.05, 4.69) is 43.5 Å². The number of aliphatic hydroxyl groups excluding tert-OH is 2. The highest BCUT2D eigenvalue weighted by molar-refractivity contribution is 5.90. The van der Waals surface area contributed by atoms with Crippen LogP contribution in [-0.2, 0) is 4.79 Å². The van der Waals surface area contributed by atoms with Gasteiger partial charge in [0.1, 0.15) is 0 Å². The van der Waals surface area contributed by atoms with Gasteiger partial charge in [-0.25, -0.2) is 5.43 Å². The minimum atomic E-state index is -1.14. The fraction of sp³-hybridized carbons (Fsp3) is 0.548. The molecule has 42 heavy (non-hydrogen) atoms. The average Bonchev–Trinajstić information content (AvgIpc) is 3.40. The van der Waals surface area contributed by atoms with Crippen molar-refractivity contribution in [2.24, 2.45) is 16.9 Å². The summed E-state index contributed by atoms with van der Waals surface area (Å²) in [7, 11) is 4.57. The van der Waals surface area contributed by atoms with Crippen molar-refractivity contribution in [1.82, 2.24) is 10.7 Å². The highest BCUT2D eigenvalue weighted by Gasteiger charge is 2.48. The molecule has 1 aliphatic carbocycles. The minimum absolute atomic E-state index is 0.0511. The first-order chi connectivity index (χ1) is 19.9. The van der Waals surface area contributed by atoms with E-state index in [1.165, 1.54) is 21.3 Å². The van der Waals surface area contributed by atoms with Crippen LogP contribution in [0.5, 0.6) is 28.7 Å². The van der Waals surface area contributed by atoms with Gasteiger partial charge in [-0.1, -0.05) is 0 Å². The maximum Gasteiger partial charge on any atom is 0.244 e. The highest BCUT2D eigenvalue weighted by Crippen LogP contribution is 2.53. The number of nitrogens with one attached hydrogen (secondary N) is 2. The van der Waals surface area contributed by atoms with Crippen LogP contribution in [0.1, 0.15) is 69.2 Å². The molecule has 0 radical (unpaired) electrons. The molecule has 2 heterocycles. The van der Waals surface area contributed by atoms with E-state index in [1.807, 2.05) is 0 Å². The predicted octanol–water partition coefficient (Wildman–Crippen LogP) is 3.26. The quantitative estimate of drug-likeness (QED) is 0.362. The number of hydrogen-bond donors (Lipinski definition) is 4. The molecular weight excluding hydrogens is 542 g/mol. The Morgan fingerprint density at radius 3 is 2.07 bits per heavy atom. The van der Waals surface area contributed by atoms with Gasteiger partial charge in [-0.2, -0.15) is 5.10 Å². The van der Waals surface area contributed by atoms with Crippen LogP contribution < -0.4 is 34.4 Å². The zero-order valence-corrected chi connectivity index (χ0v) is 25.2. The number of benzene rings is 2. The van der Waals surface area contributed by atoms with E-state index < -0.39 is 36.4 Å². The number of hydrazone groups is 1. The molecule has 2 aromatic rings. The van der Waals surface area contributed by atoms with E-state index in [0.29, 0.717) is 58.3 Å². The summed E-state index contributed by atoms with van der Waals surface area (Å²) < 4.78 is 28.1. The Morgan fingerprint density at radius 2 is 1.55 bits per heavy atom. The smallest absolute Gasteiger partial charge is 0.244 e. The number of amides is 1. The van der Waals surface area contributed by atoms with Crippen molar-refractivity contribution in [3.63, 3.8) is 0 Å². The zero-order chi connectivity index (χ0) is 30.4. The molecule has 3 aliphatic rings. The van der Waals surface area contributed by atoms with Crippen LogP contribution in [0.25, 0.3) is 0 Å². The van der Waals surface area contributed by atoms with Gasteiger partial charge in [0.25, 0.3) is 0 Å². The Bertz CT molecular complexity index is 1350. The van der Waals surface area contributed by atoms with Crippen LogP contribution in [-0.4, -0.2) is 67.6 Å². The van der Waals surface area contributed by atoms with E-state index in [-0.39, 0.29) is 17.9 Å². The van der Waals surface area contributed by atoms with Crippen molar-refractivity contribution >= 4 is 11.6 Å². The second-order valence-corrected chi connectivity index (χ2v) is 12.5. The number of ether oxygens (including phenoxy) is 5. The molecule has 2 aromatic carbocycles. The molecule has 2 aliphatic heterocycles. The molecule has 5 rings (SSSR count). The fourth-order valence-electron chi connectivity index (χ4n) is 6.97. The molecule has 11 heteroatoms. The monoisotopic (exact) mass is 583 g/mol. The lowest BCUT2D eigenvalue weighted by Crippen LogP contribution is -2.58. The standard InChI is InChI=1S/C31H41N3O8/c1-30(2)12-17(13-31(3,4)34-30)32-33-29(37)26-20(14-35)27(36)19-11-22-21(41-15-42-22)10-18(19)25(26)16-8-23(38-5)28(40-7)24(9-16)39-6/h8-11,20,25-27,34-36H,12-15H2,1-7H3,(H,33,37)/t20-,25+,26-,27-/m0/s1. The van der Waals surface area contributed by atoms with Crippen molar-refractivity contribution in [2.45, 2.75) is 63.6 Å². The Kier molecular flexibility index (Phi) is 8.04. The Labute approximate surface area is 246 Å². The second-order valence-electron chi connectivity index (χ2n) is 12.5. The summed E-state index contributed by atoms with van der Waals surface area (Å²) in [5, 5.41) is 30.3. The van der Waals surface area contributed by atoms with Crippen molar-refractivity contribution in [3.8, 4) is 28.7 Å². The van der Waals surface area contributed by atoms with Crippen molar-refractivity contribution < 1.29 is 38.7 Å². The first-order valence-electron chi connectivity index (χ1n) is 14.1. The van der Waals surface area contributed by atoms with Crippen LogP contribution in [0.15, 0.2) is 29.4 Å². The van der Waals surface area contributed by atoms with Gasteiger partial charge in [0.15, 0.2) is 23.0 Å². The lowest BCUT2D eigenvalue weighted by Gasteiger charge is -2.43. The van der Waals surface area contributed by atoms with E-state index >= 15 is 0 Å². The van der Waals surface area contributed by atoms with Crippen LogP contribution in [0.2, 0.25) is 0 Å². The summed E-state index contributed by atoms with van der Waals surface area (Å²) in [5.74, 6) is -0.554. The van der Waals surface area contributed by atoms with Crippen LogP contribution >= 0.6 is 0 Å². The number of rotatable bonds is 7. The minimum Gasteiger partial charge on any atom is -0.493 e. The van der Waals surface area contributed by atoms with E-state index in [4.69, 9.17) is 23.7 Å². The van der Waals surface area contributed by atoms with Crippen LogP contribution in [0, 0.1) is 11.8 Å². The van der Waals surface area contributed by atoms with Gasteiger partial charge in [-0.15, -0.1) is 0 Å². The normalized spacial score (nSPS) is 25.3. The molecule has 0 unspecified atom stereocenters. The summed E-state index contributed by atoms with van der Waals surface area (Å²) in [6, 6.07) is 7.10. The molecular formula is C31H41N3O8. The summed E-state index contributed by atoms with van der Waals surface area (Å²) >= 11 is 0. The summed E-state index contributed by atoms with van der Waals surface area (Å²) in [6.07, 6.45) is 0.185. The van der Waals surface area contributed by atoms with Gasteiger partial charge in [0.05, 0.1) is 33.4 Å². The molecule has 4 atom stereocenters.